The molecule has 0 saturated heterocycles. The van der Waals surface area contributed by atoms with Crippen LogP contribution in [0.15, 0.2) is 72.8 Å². The van der Waals surface area contributed by atoms with E-state index in [1.165, 1.54) is 17.9 Å². The van der Waals surface area contributed by atoms with Crippen LogP contribution < -0.4 is 14.4 Å². The van der Waals surface area contributed by atoms with Gasteiger partial charge in [0.25, 0.3) is 0 Å². The number of anilines is 2. The highest BCUT2D eigenvalue weighted by Crippen LogP contribution is 2.48. The largest absolute Gasteiger partial charge is 0.497 e. The number of fused-ring (bicyclic) bond motifs is 1. The standard InChI is InChI=1S/C27H28N2O7/c1-18(30)28(20-10-13-22(34-4)14-11-20)21-12-15-24-23(16-21)27(29(32)33,25(31)26(2,3)36-24)35-17-19-8-6-5-7-9-19/h5-16,25,31H,17H2,1-4H3/t25-,27-/m0/s1. The minimum absolute atomic E-state index is 0.0208. The Bertz CT molecular complexity index is 1260. The van der Waals surface area contributed by atoms with Gasteiger partial charge in [-0.3, -0.25) is 19.8 Å². The molecule has 1 amide bonds. The minimum Gasteiger partial charge on any atom is -0.497 e. The first-order valence-corrected chi connectivity index (χ1v) is 11.4. The van der Waals surface area contributed by atoms with Gasteiger partial charge in [-0.15, -0.1) is 0 Å². The van der Waals surface area contributed by atoms with Crippen LogP contribution in [0.1, 0.15) is 31.9 Å². The van der Waals surface area contributed by atoms with Gasteiger partial charge >= 0.3 is 5.72 Å². The third-order valence-electron chi connectivity index (χ3n) is 6.23. The number of amides is 1. The summed E-state index contributed by atoms with van der Waals surface area (Å²) in [5.74, 6) is 0.500. The summed E-state index contributed by atoms with van der Waals surface area (Å²) in [5, 5.41) is 24.0. The lowest BCUT2D eigenvalue weighted by molar-refractivity contribution is -0.663. The second-order valence-electron chi connectivity index (χ2n) is 9.07. The van der Waals surface area contributed by atoms with Crippen molar-refractivity contribution in [2.24, 2.45) is 0 Å². The monoisotopic (exact) mass is 492 g/mol. The van der Waals surface area contributed by atoms with Crippen LogP contribution in [0.25, 0.3) is 0 Å². The number of aliphatic hydroxyl groups excluding tert-OH is 1. The highest BCUT2D eigenvalue weighted by molar-refractivity contribution is 5.99. The maximum atomic E-state index is 12.7. The molecule has 0 unspecified atom stereocenters. The number of hydrogen-bond donors (Lipinski definition) is 1. The Kier molecular flexibility index (Phi) is 6.71. The predicted octanol–water partition coefficient (Wildman–Crippen LogP) is 4.56. The van der Waals surface area contributed by atoms with Crippen LogP contribution >= 0.6 is 0 Å². The van der Waals surface area contributed by atoms with Crippen LogP contribution in [0.3, 0.4) is 0 Å². The molecule has 1 N–H and O–H groups in total. The molecule has 1 heterocycles. The summed E-state index contributed by atoms with van der Waals surface area (Å²) in [6.07, 6.45) is -1.65. The molecule has 0 bridgehead atoms. The molecule has 0 aliphatic carbocycles. The zero-order chi connectivity index (χ0) is 26.1. The Balaban J connectivity index is 1.85. The van der Waals surface area contributed by atoms with Gasteiger partial charge in [-0.2, -0.15) is 0 Å². The Morgan fingerprint density at radius 2 is 1.72 bits per heavy atom. The highest BCUT2D eigenvalue weighted by atomic mass is 16.7. The topological polar surface area (TPSA) is 111 Å². The van der Waals surface area contributed by atoms with Crippen molar-refractivity contribution in [2.75, 3.05) is 12.0 Å². The summed E-state index contributed by atoms with van der Waals surface area (Å²) in [6.45, 7) is 4.41. The van der Waals surface area contributed by atoms with Crippen LogP contribution in [0.4, 0.5) is 11.4 Å². The number of methoxy groups -OCH3 is 1. The first-order valence-electron chi connectivity index (χ1n) is 11.4. The quantitative estimate of drug-likeness (QED) is 0.292. The number of rotatable bonds is 7. The number of hydrogen-bond acceptors (Lipinski definition) is 7. The Morgan fingerprint density at radius 1 is 1.08 bits per heavy atom. The van der Waals surface area contributed by atoms with Gasteiger partial charge in [0.05, 0.1) is 18.6 Å². The van der Waals surface area contributed by atoms with Crippen molar-refractivity contribution in [2.45, 2.75) is 44.8 Å². The lowest BCUT2D eigenvalue weighted by Gasteiger charge is -2.44. The molecule has 3 aromatic rings. The van der Waals surface area contributed by atoms with Gasteiger partial charge < -0.3 is 19.3 Å². The van der Waals surface area contributed by atoms with Crippen molar-refractivity contribution in [1.29, 1.82) is 0 Å². The van der Waals surface area contributed by atoms with Crippen molar-refractivity contribution in [3.8, 4) is 11.5 Å². The maximum absolute atomic E-state index is 12.7. The molecule has 188 valence electrons. The molecule has 3 aromatic carbocycles. The van der Waals surface area contributed by atoms with Crippen LogP contribution in [0.5, 0.6) is 11.5 Å². The Morgan fingerprint density at radius 3 is 2.31 bits per heavy atom. The fourth-order valence-corrected chi connectivity index (χ4v) is 4.40. The van der Waals surface area contributed by atoms with E-state index in [1.807, 2.05) is 6.07 Å². The van der Waals surface area contributed by atoms with Gasteiger partial charge in [0, 0.05) is 18.3 Å². The number of nitrogens with zero attached hydrogens (tertiary/aromatic N) is 2. The van der Waals surface area contributed by atoms with Gasteiger partial charge in [0.15, 0.2) is 6.10 Å². The zero-order valence-corrected chi connectivity index (χ0v) is 20.5. The van der Waals surface area contributed by atoms with Crippen molar-refractivity contribution >= 4 is 17.3 Å². The van der Waals surface area contributed by atoms with Gasteiger partial charge in [-0.1, -0.05) is 30.3 Å². The molecule has 0 radical (unpaired) electrons. The molecular weight excluding hydrogens is 464 g/mol. The van der Waals surface area contributed by atoms with Crippen LogP contribution in [-0.2, 0) is 21.9 Å². The highest BCUT2D eigenvalue weighted by Gasteiger charge is 2.64. The average Bonchev–Trinajstić information content (AvgIpc) is 2.85. The summed E-state index contributed by atoms with van der Waals surface area (Å²) in [7, 11) is 1.54. The van der Waals surface area contributed by atoms with Gasteiger partial charge in [0.1, 0.15) is 22.7 Å². The molecule has 9 nitrogen and oxygen atoms in total. The van der Waals surface area contributed by atoms with E-state index in [0.717, 1.165) is 0 Å². The number of carbonyl (C=O) groups excluding carboxylic acids is 1. The zero-order valence-electron chi connectivity index (χ0n) is 20.5. The molecule has 1 aliphatic rings. The average molecular weight is 493 g/mol. The molecule has 0 spiro atoms. The molecule has 4 rings (SSSR count). The number of benzene rings is 3. The van der Waals surface area contributed by atoms with E-state index in [1.54, 1.807) is 81.6 Å². The smallest absolute Gasteiger partial charge is 0.385 e. The van der Waals surface area contributed by atoms with Crippen molar-refractivity contribution in [3.05, 3.63) is 94.0 Å². The second-order valence-corrected chi connectivity index (χ2v) is 9.07. The number of ether oxygens (including phenoxy) is 3. The lowest BCUT2D eigenvalue weighted by atomic mass is 9.83. The van der Waals surface area contributed by atoms with Crippen molar-refractivity contribution in [1.82, 2.24) is 0 Å². The predicted molar refractivity (Wildman–Crippen MR) is 133 cm³/mol. The summed E-state index contributed by atoms with van der Waals surface area (Å²) in [4.78, 5) is 26.2. The molecular formula is C27H28N2O7. The maximum Gasteiger partial charge on any atom is 0.385 e. The van der Waals surface area contributed by atoms with Crippen molar-refractivity contribution < 1.29 is 29.0 Å². The first-order chi connectivity index (χ1) is 17.1. The fraction of sp³-hybridized carbons (Fsp3) is 0.296. The van der Waals surface area contributed by atoms with Gasteiger partial charge in [-0.05, 0) is 61.9 Å². The molecule has 0 aromatic heterocycles. The Labute approximate surface area is 209 Å². The van der Waals surface area contributed by atoms with Crippen LogP contribution in [-0.4, -0.2) is 34.8 Å². The molecule has 9 heteroatoms. The van der Waals surface area contributed by atoms with E-state index in [0.29, 0.717) is 22.7 Å². The number of aliphatic hydroxyl groups is 1. The van der Waals surface area contributed by atoms with Crippen LogP contribution in [0, 0.1) is 10.1 Å². The molecule has 0 fully saturated rings. The fourth-order valence-electron chi connectivity index (χ4n) is 4.40. The molecule has 2 atom stereocenters. The summed E-state index contributed by atoms with van der Waals surface area (Å²) in [5.41, 5.74) is -2.04. The molecule has 0 saturated carbocycles. The molecule has 1 aliphatic heterocycles. The summed E-state index contributed by atoms with van der Waals surface area (Å²) < 4.78 is 17.1. The van der Waals surface area contributed by atoms with Gasteiger partial charge in [0.2, 0.25) is 5.91 Å². The number of nitro groups is 1. The van der Waals surface area contributed by atoms with E-state index < -0.39 is 22.4 Å². The van der Waals surface area contributed by atoms with Crippen molar-refractivity contribution in [3.63, 3.8) is 0 Å². The SMILES string of the molecule is COc1ccc(N(C(C)=O)c2ccc3c(c2)[C@@](OCc2ccccc2)([N+](=O)[O-])[C@@H](O)C(C)(C)O3)cc1. The normalized spacial score (nSPS) is 20.1. The minimum atomic E-state index is -2.34. The van der Waals surface area contributed by atoms with E-state index in [-0.39, 0.29) is 23.8 Å². The second kappa shape index (κ2) is 9.60. The van der Waals surface area contributed by atoms with Gasteiger partial charge in [-0.25, -0.2) is 0 Å². The Hall–Kier alpha value is -3.95. The van der Waals surface area contributed by atoms with Crippen LogP contribution in [0.2, 0.25) is 0 Å². The third kappa shape index (κ3) is 4.38. The van der Waals surface area contributed by atoms with E-state index in [2.05, 4.69) is 0 Å². The lowest BCUT2D eigenvalue weighted by Crippen LogP contribution is -2.62. The third-order valence-corrected chi connectivity index (χ3v) is 6.23. The summed E-state index contributed by atoms with van der Waals surface area (Å²) >= 11 is 0. The van der Waals surface area contributed by atoms with E-state index in [4.69, 9.17) is 14.2 Å². The number of carbonyl (C=O) groups is 1. The van der Waals surface area contributed by atoms with E-state index >= 15 is 0 Å². The molecule has 36 heavy (non-hydrogen) atoms. The summed E-state index contributed by atoms with van der Waals surface area (Å²) in [6, 6.07) is 20.5. The first kappa shape index (κ1) is 25.2. The van der Waals surface area contributed by atoms with E-state index in [9.17, 15) is 20.0 Å².